The summed E-state index contributed by atoms with van der Waals surface area (Å²) in [5, 5.41) is 0.434. The van der Waals surface area contributed by atoms with Gasteiger partial charge in [-0.3, -0.25) is 0 Å². The molecule has 2 aromatic rings. The fraction of sp³-hybridized carbons (Fsp3) is 0.250. The van der Waals surface area contributed by atoms with Crippen LogP contribution in [0.25, 0.3) is 0 Å². The van der Waals surface area contributed by atoms with Crippen LogP contribution in [0, 0.1) is 0 Å². The summed E-state index contributed by atoms with van der Waals surface area (Å²) in [7, 11) is -3.50. The van der Waals surface area contributed by atoms with E-state index < -0.39 is 10.0 Å². The smallest absolute Gasteiger partial charge is 0.215 e. The molecule has 1 atom stereocenters. The first-order valence-corrected chi connectivity index (χ1v) is 9.16. The summed E-state index contributed by atoms with van der Waals surface area (Å²) < 4.78 is 38.2. The molecule has 0 aromatic heterocycles. The van der Waals surface area contributed by atoms with Gasteiger partial charge in [0.2, 0.25) is 10.0 Å². The monoisotopic (exact) mass is 353 g/mol. The number of hydrogen-bond donors (Lipinski definition) is 1. The highest BCUT2D eigenvalue weighted by Crippen LogP contribution is 2.30. The van der Waals surface area contributed by atoms with E-state index in [-0.39, 0.29) is 18.4 Å². The van der Waals surface area contributed by atoms with E-state index >= 15 is 0 Å². The summed E-state index contributed by atoms with van der Waals surface area (Å²) in [6.45, 7) is 0.437. The maximum atomic E-state index is 12.2. The average molecular weight is 354 g/mol. The summed E-state index contributed by atoms with van der Waals surface area (Å²) in [4.78, 5) is 0. The van der Waals surface area contributed by atoms with E-state index in [4.69, 9.17) is 21.1 Å². The van der Waals surface area contributed by atoms with Gasteiger partial charge in [0.1, 0.15) is 12.7 Å². The van der Waals surface area contributed by atoms with Crippen LogP contribution in [0.3, 0.4) is 0 Å². The molecule has 0 fully saturated rings. The standard InChI is InChI=1S/C16H16ClNO4S/c17-14-6-2-1-5-12(14)11-23(19,20)18-9-13-10-21-15-7-3-4-8-16(15)22-13/h1-8,13,18H,9-11H2/t13-/m0/s1. The molecule has 0 radical (unpaired) electrons. The number of halogens is 1. The van der Waals surface area contributed by atoms with Crippen LogP contribution in [-0.4, -0.2) is 27.7 Å². The fourth-order valence-electron chi connectivity index (χ4n) is 2.25. The van der Waals surface area contributed by atoms with Crippen LogP contribution in [0.2, 0.25) is 5.02 Å². The molecule has 0 unspecified atom stereocenters. The van der Waals surface area contributed by atoms with Gasteiger partial charge in [-0.1, -0.05) is 41.9 Å². The number of benzene rings is 2. The van der Waals surface area contributed by atoms with E-state index in [9.17, 15) is 8.42 Å². The van der Waals surface area contributed by atoms with Gasteiger partial charge in [0.25, 0.3) is 0 Å². The van der Waals surface area contributed by atoms with Crippen LogP contribution in [-0.2, 0) is 15.8 Å². The minimum Gasteiger partial charge on any atom is -0.486 e. The second kappa shape index (κ2) is 6.78. The summed E-state index contributed by atoms with van der Waals surface area (Å²) in [5.41, 5.74) is 0.563. The average Bonchev–Trinajstić information content (AvgIpc) is 2.55. The Morgan fingerprint density at radius 1 is 1.09 bits per heavy atom. The number of para-hydroxylation sites is 2. The highest BCUT2D eigenvalue weighted by atomic mass is 35.5. The molecule has 7 heteroatoms. The van der Waals surface area contributed by atoms with Crippen molar-refractivity contribution in [2.45, 2.75) is 11.9 Å². The molecule has 0 bridgehead atoms. The summed E-state index contributed by atoms with van der Waals surface area (Å²) in [6, 6.07) is 14.2. The van der Waals surface area contributed by atoms with Crippen LogP contribution in [0.5, 0.6) is 11.5 Å². The molecule has 0 spiro atoms. The lowest BCUT2D eigenvalue weighted by Gasteiger charge is -2.26. The number of ether oxygens (including phenoxy) is 2. The predicted molar refractivity (Wildman–Crippen MR) is 88.4 cm³/mol. The number of sulfonamides is 1. The van der Waals surface area contributed by atoms with Crippen molar-refractivity contribution < 1.29 is 17.9 Å². The van der Waals surface area contributed by atoms with Crippen molar-refractivity contribution in [1.29, 1.82) is 0 Å². The molecule has 0 saturated heterocycles. The van der Waals surface area contributed by atoms with Crippen LogP contribution in [0.4, 0.5) is 0 Å². The zero-order chi connectivity index (χ0) is 16.3. The zero-order valence-corrected chi connectivity index (χ0v) is 13.8. The van der Waals surface area contributed by atoms with E-state index in [0.29, 0.717) is 28.7 Å². The van der Waals surface area contributed by atoms with Gasteiger partial charge in [0.05, 0.1) is 12.3 Å². The van der Waals surface area contributed by atoms with E-state index in [1.165, 1.54) is 0 Å². The first-order valence-electron chi connectivity index (χ1n) is 7.13. The third-order valence-corrected chi connectivity index (χ3v) is 5.07. The van der Waals surface area contributed by atoms with Gasteiger partial charge in [0, 0.05) is 5.02 Å². The second-order valence-corrected chi connectivity index (χ2v) is 7.41. The summed E-state index contributed by atoms with van der Waals surface area (Å²) in [6.07, 6.45) is -0.370. The molecule has 1 aliphatic rings. The van der Waals surface area contributed by atoms with Crippen molar-refractivity contribution in [2.24, 2.45) is 0 Å². The van der Waals surface area contributed by atoms with Crippen LogP contribution in [0.1, 0.15) is 5.56 Å². The Labute approximate surface area is 140 Å². The SMILES string of the molecule is O=S(=O)(Cc1ccccc1Cl)NC[C@H]1COc2ccccc2O1. The Balaban J connectivity index is 1.59. The lowest BCUT2D eigenvalue weighted by atomic mass is 10.2. The molecule has 0 amide bonds. The maximum Gasteiger partial charge on any atom is 0.215 e. The lowest BCUT2D eigenvalue weighted by molar-refractivity contribution is 0.0943. The van der Waals surface area contributed by atoms with Gasteiger partial charge in [-0.25, -0.2) is 13.1 Å². The minimum atomic E-state index is -3.50. The molecule has 2 aromatic carbocycles. The van der Waals surface area contributed by atoms with Crippen molar-refractivity contribution in [3.8, 4) is 11.5 Å². The van der Waals surface area contributed by atoms with Gasteiger partial charge in [-0.15, -0.1) is 0 Å². The number of fused-ring (bicyclic) bond motifs is 1. The number of rotatable bonds is 5. The van der Waals surface area contributed by atoms with Crippen LogP contribution < -0.4 is 14.2 Å². The molecule has 0 saturated carbocycles. The third-order valence-electron chi connectivity index (χ3n) is 3.40. The van der Waals surface area contributed by atoms with Gasteiger partial charge in [-0.2, -0.15) is 0 Å². The van der Waals surface area contributed by atoms with E-state index in [1.54, 1.807) is 30.3 Å². The Morgan fingerprint density at radius 3 is 2.57 bits per heavy atom. The van der Waals surface area contributed by atoms with Crippen molar-refractivity contribution in [3.05, 3.63) is 59.1 Å². The zero-order valence-electron chi connectivity index (χ0n) is 12.2. The highest BCUT2D eigenvalue weighted by molar-refractivity contribution is 7.88. The molecular formula is C16H16ClNO4S. The van der Waals surface area contributed by atoms with E-state index in [2.05, 4.69) is 4.72 Å². The molecule has 122 valence electrons. The molecule has 0 aliphatic carbocycles. The van der Waals surface area contributed by atoms with E-state index in [0.717, 1.165) is 0 Å². The van der Waals surface area contributed by atoms with Gasteiger partial charge >= 0.3 is 0 Å². The molecule has 3 rings (SSSR count). The third kappa shape index (κ3) is 4.16. The van der Waals surface area contributed by atoms with Crippen LogP contribution in [0.15, 0.2) is 48.5 Å². The van der Waals surface area contributed by atoms with Crippen LogP contribution >= 0.6 is 11.6 Å². The predicted octanol–water partition coefficient (Wildman–Crippen LogP) is 2.60. The normalized spacial score (nSPS) is 17.0. The number of nitrogens with one attached hydrogen (secondary N) is 1. The quantitative estimate of drug-likeness (QED) is 0.897. The van der Waals surface area contributed by atoms with Gasteiger partial charge in [-0.05, 0) is 23.8 Å². The maximum absolute atomic E-state index is 12.2. The molecule has 1 N–H and O–H groups in total. The fourth-order valence-corrected chi connectivity index (χ4v) is 3.74. The molecule has 1 aliphatic heterocycles. The second-order valence-electron chi connectivity index (χ2n) is 5.20. The van der Waals surface area contributed by atoms with Crippen molar-refractivity contribution in [3.63, 3.8) is 0 Å². The molecule has 5 nitrogen and oxygen atoms in total. The van der Waals surface area contributed by atoms with E-state index in [1.807, 2.05) is 18.2 Å². The summed E-state index contributed by atoms with van der Waals surface area (Å²) in [5.74, 6) is 1.12. The molecular weight excluding hydrogens is 338 g/mol. The molecule has 23 heavy (non-hydrogen) atoms. The Kier molecular flexibility index (Phi) is 4.75. The first-order chi connectivity index (χ1) is 11.0. The lowest BCUT2D eigenvalue weighted by Crippen LogP contribution is -2.41. The largest absolute Gasteiger partial charge is 0.486 e. The summed E-state index contributed by atoms with van der Waals surface area (Å²) >= 11 is 6.00. The topological polar surface area (TPSA) is 64.6 Å². The Hall–Kier alpha value is -1.76. The van der Waals surface area contributed by atoms with Gasteiger partial charge < -0.3 is 9.47 Å². The first kappa shape index (κ1) is 16.1. The number of hydrogen-bond acceptors (Lipinski definition) is 4. The van der Waals surface area contributed by atoms with Crippen molar-refractivity contribution in [1.82, 2.24) is 4.72 Å². The van der Waals surface area contributed by atoms with Crippen molar-refractivity contribution >= 4 is 21.6 Å². The molecule has 1 heterocycles. The Morgan fingerprint density at radius 2 is 1.78 bits per heavy atom. The highest BCUT2D eigenvalue weighted by Gasteiger charge is 2.23. The minimum absolute atomic E-state index is 0.140. The van der Waals surface area contributed by atoms with Crippen molar-refractivity contribution in [2.75, 3.05) is 13.2 Å². The Bertz CT molecular complexity index is 794. The van der Waals surface area contributed by atoms with Gasteiger partial charge in [0.15, 0.2) is 11.5 Å².